The third-order valence-electron chi connectivity index (χ3n) is 3.46. The molecule has 0 saturated carbocycles. The van der Waals surface area contributed by atoms with E-state index in [9.17, 15) is 20.0 Å². The fourth-order valence-electron chi connectivity index (χ4n) is 2.19. The second kappa shape index (κ2) is 7.31. The molecule has 1 amide bonds. The molecular weight excluding hydrogens is 338 g/mol. The normalized spacial score (nSPS) is 10.8. The number of hydrogen-bond acceptors (Lipinski definition) is 6. The molecule has 3 aromatic rings. The summed E-state index contributed by atoms with van der Waals surface area (Å²) in [6.07, 6.45) is 1.33. The average molecular weight is 351 g/mol. The van der Waals surface area contributed by atoms with Gasteiger partial charge in [0, 0.05) is 23.3 Å². The molecule has 8 heteroatoms. The van der Waals surface area contributed by atoms with E-state index in [0.29, 0.717) is 17.1 Å². The Labute approximate surface area is 147 Å². The van der Waals surface area contributed by atoms with Gasteiger partial charge >= 0.3 is 0 Å². The fourth-order valence-corrected chi connectivity index (χ4v) is 2.19. The van der Waals surface area contributed by atoms with Crippen LogP contribution in [0.4, 0.5) is 5.69 Å². The Bertz CT molecular complexity index is 977. The number of phenolic OH excluding ortho intramolecular Hbond substituents is 1. The number of furan rings is 1. The van der Waals surface area contributed by atoms with Crippen LogP contribution in [0.25, 0.3) is 11.3 Å². The molecule has 0 unspecified atom stereocenters. The molecule has 8 nitrogen and oxygen atoms in total. The largest absolute Gasteiger partial charge is 0.508 e. The number of nitro benzene ring substituents is 1. The van der Waals surface area contributed by atoms with Crippen LogP contribution in [0.3, 0.4) is 0 Å². The van der Waals surface area contributed by atoms with Crippen LogP contribution in [0, 0.1) is 10.1 Å². The van der Waals surface area contributed by atoms with E-state index in [4.69, 9.17) is 4.42 Å². The van der Waals surface area contributed by atoms with Crippen LogP contribution in [0.2, 0.25) is 0 Å². The van der Waals surface area contributed by atoms with Crippen LogP contribution in [0.15, 0.2) is 70.2 Å². The molecule has 2 N–H and O–H groups in total. The lowest BCUT2D eigenvalue weighted by atomic mass is 10.1. The van der Waals surface area contributed by atoms with Crippen molar-refractivity contribution in [3.63, 3.8) is 0 Å². The van der Waals surface area contributed by atoms with Crippen LogP contribution in [-0.4, -0.2) is 22.2 Å². The molecular formula is C18H13N3O5. The molecule has 2 aromatic carbocycles. The number of benzene rings is 2. The minimum absolute atomic E-state index is 0.00301. The molecule has 1 heterocycles. The minimum atomic E-state index is -0.473. The van der Waals surface area contributed by atoms with E-state index < -0.39 is 10.8 Å². The first-order valence-corrected chi connectivity index (χ1v) is 7.50. The number of hydrazone groups is 1. The van der Waals surface area contributed by atoms with Gasteiger partial charge in [-0.3, -0.25) is 14.9 Å². The number of phenols is 1. The number of nitrogens with zero attached hydrogens (tertiary/aromatic N) is 2. The second-order valence-electron chi connectivity index (χ2n) is 5.26. The lowest BCUT2D eigenvalue weighted by Gasteiger charge is -1.99. The van der Waals surface area contributed by atoms with Crippen molar-refractivity contribution in [2.45, 2.75) is 0 Å². The summed E-state index contributed by atoms with van der Waals surface area (Å²) in [6.45, 7) is 0. The van der Waals surface area contributed by atoms with Crippen molar-refractivity contribution in [3.05, 3.63) is 82.1 Å². The van der Waals surface area contributed by atoms with Gasteiger partial charge in [0.15, 0.2) is 0 Å². The van der Waals surface area contributed by atoms with Crippen molar-refractivity contribution >= 4 is 17.8 Å². The molecule has 26 heavy (non-hydrogen) atoms. The van der Waals surface area contributed by atoms with Gasteiger partial charge in [-0.05, 0) is 42.5 Å². The minimum Gasteiger partial charge on any atom is -0.508 e. The third-order valence-corrected chi connectivity index (χ3v) is 3.46. The summed E-state index contributed by atoms with van der Waals surface area (Å²) < 4.78 is 5.57. The molecule has 0 spiro atoms. The summed E-state index contributed by atoms with van der Waals surface area (Å²) in [5.41, 5.74) is 3.28. The lowest BCUT2D eigenvalue weighted by molar-refractivity contribution is -0.384. The van der Waals surface area contributed by atoms with Gasteiger partial charge in [-0.15, -0.1) is 0 Å². The average Bonchev–Trinajstić information content (AvgIpc) is 3.10. The molecule has 0 aliphatic rings. The van der Waals surface area contributed by atoms with Crippen molar-refractivity contribution in [2.24, 2.45) is 5.10 Å². The number of aromatic hydroxyl groups is 1. The quantitative estimate of drug-likeness (QED) is 0.415. The van der Waals surface area contributed by atoms with Gasteiger partial charge in [0.1, 0.15) is 17.3 Å². The molecule has 3 rings (SSSR count). The number of hydrogen-bond donors (Lipinski definition) is 2. The number of carbonyl (C=O) groups is 1. The standard InChI is InChI=1S/C18H13N3O5/c22-15-3-1-2-13(10-15)18(23)20-19-11-16-8-9-17(26-16)12-4-6-14(7-5-12)21(24)25/h1-11,22H,(H,20,23). The van der Waals surface area contributed by atoms with Gasteiger partial charge in [0.2, 0.25) is 0 Å². The first kappa shape index (κ1) is 16.9. The predicted molar refractivity (Wildman–Crippen MR) is 94.0 cm³/mol. The number of nitro groups is 1. The fraction of sp³-hybridized carbons (Fsp3) is 0. The van der Waals surface area contributed by atoms with Crippen LogP contribution in [0.1, 0.15) is 16.1 Å². The highest BCUT2D eigenvalue weighted by Gasteiger charge is 2.08. The van der Waals surface area contributed by atoms with E-state index >= 15 is 0 Å². The van der Waals surface area contributed by atoms with Crippen molar-refractivity contribution in [1.82, 2.24) is 5.43 Å². The molecule has 0 aliphatic carbocycles. The Kier molecular flexibility index (Phi) is 4.75. The highest BCUT2D eigenvalue weighted by Crippen LogP contribution is 2.24. The van der Waals surface area contributed by atoms with Gasteiger partial charge in [-0.2, -0.15) is 5.10 Å². The number of rotatable bonds is 5. The molecule has 0 bridgehead atoms. The van der Waals surface area contributed by atoms with E-state index in [2.05, 4.69) is 10.5 Å². The predicted octanol–water partition coefficient (Wildman–Crippen LogP) is 3.32. The molecule has 0 aliphatic heterocycles. The maximum atomic E-state index is 11.9. The second-order valence-corrected chi connectivity index (χ2v) is 5.26. The van der Waals surface area contributed by atoms with E-state index in [0.717, 1.165) is 0 Å². The van der Waals surface area contributed by atoms with Gasteiger partial charge in [0.05, 0.1) is 11.1 Å². The number of non-ortho nitro benzene ring substituents is 1. The van der Waals surface area contributed by atoms with E-state index in [-0.39, 0.29) is 17.0 Å². The SMILES string of the molecule is O=C(NN=Cc1ccc(-c2ccc([N+](=O)[O-])cc2)o1)c1cccc(O)c1. The Morgan fingerprint density at radius 3 is 2.62 bits per heavy atom. The monoisotopic (exact) mass is 351 g/mol. The highest BCUT2D eigenvalue weighted by molar-refractivity contribution is 5.95. The van der Waals surface area contributed by atoms with Gasteiger partial charge in [-0.25, -0.2) is 5.43 Å². The van der Waals surface area contributed by atoms with Gasteiger partial charge in [0.25, 0.3) is 11.6 Å². The first-order valence-electron chi connectivity index (χ1n) is 7.50. The highest BCUT2D eigenvalue weighted by atomic mass is 16.6. The van der Waals surface area contributed by atoms with Crippen LogP contribution >= 0.6 is 0 Å². The van der Waals surface area contributed by atoms with Crippen molar-refractivity contribution < 1.29 is 19.2 Å². The summed E-state index contributed by atoms with van der Waals surface area (Å²) in [4.78, 5) is 22.1. The summed E-state index contributed by atoms with van der Waals surface area (Å²) in [5.74, 6) is 0.426. The topological polar surface area (TPSA) is 118 Å². The van der Waals surface area contributed by atoms with Crippen LogP contribution in [0.5, 0.6) is 5.75 Å². The van der Waals surface area contributed by atoms with Gasteiger partial charge in [-0.1, -0.05) is 6.07 Å². The number of carbonyl (C=O) groups excluding carboxylic acids is 1. The van der Waals surface area contributed by atoms with E-state index in [1.165, 1.54) is 30.5 Å². The van der Waals surface area contributed by atoms with Crippen molar-refractivity contribution in [3.8, 4) is 17.1 Å². The summed E-state index contributed by atoms with van der Waals surface area (Å²) in [7, 11) is 0. The van der Waals surface area contributed by atoms with Crippen molar-refractivity contribution in [2.75, 3.05) is 0 Å². The number of nitrogens with one attached hydrogen (secondary N) is 1. The smallest absolute Gasteiger partial charge is 0.271 e. The Balaban J connectivity index is 1.65. The Hall–Kier alpha value is -3.94. The summed E-state index contributed by atoms with van der Waals surface area (Å²) >= 11 is 0. The molecule has 0 fully saturated rings. The maximum absolute atomic E-state index is 11.9. The molecule has 0 radical (unpaired) electrons. The molecule has 130 valence electrons. The van der Waals surface area contributed by atoms with Gasteiger partial charge < -0.3 is 9.52 Å². The Morgan fingerprint density at radius 1 is 1.15 bits per heavy atom. The van der Waals surface area contributed by atoms with E-state index in [1.54, 1.807) is 36.4 Å². The third kappa shape index (κ3) is 3.93. The van der Waals surface area contributed by atoms with E-state index in [1.807, 2.05) is 0 Å². The summed E-state index contributed by atoms with van der Waals surface area (Å²) in [6, 6.07) is 15.2. The van der Waals surface area contributed by atoms with Crippen molar-refractivity contribution in [1.29, 1.82) is 0 Å². The van der Waals surface area contributed by atoms with Crippen LogP contribution in [-0.2, 0) is 0 Å². The lowest BCUT2D eigenvalue weighted by Crippen LogP contribution is -2.17. The molecule has 0 saturated heterocycles. The number of amides is 1. The first-order chi connectivity index (χ1) is 12.5. The van der Waals surface area contributed by atoms with Crippen LogP contribution < -0.4 is 5.43 Å². The maximum Gasteiger partial charge on any atom is 0.271 e. The zero-order valence-corrected chi connectivity index (χ0v) is 13.3. The molecule has 0 atom stereocenters. The zero-order chi connectivity index (χ0) is 18.5. The Morgan fingerprint density at radius 2 is 1.92 bits per heavy atom. The zero-order valence-electron chi connectivity index (χ0n) is 13.3. The summed E-state index contributed by atoms with van der Waals surface area (Å²) in [5, 5.41) is 23.8. The molecule has 1 aromatic heterocycles.